The highest BCUT2D eigenvalue weighted by atomic mass is 35.5. The van der Waals surface area contributed by atoms with Crippen molar-refractivity contribution in [2.24, 2.45) is 0 Å². The number of aromatic nitrogens is 1. The zero-order valence-corrected chi connectivity index (χ0v) is 16.5. The molecule has 0 bridgehead atoms. The maximum Gasteiger partial charge on any atom is 0.412 e. The van der Waals surface area contributed by atoms with E-state index in [4.69, 9.17) is 11.6 Å². The number of sulfone groups is 1. The van der Waals surface area contributed by atoms with Crippen molar-refractivity contribution < 1.29 is 21.6 Å². The Kier molecular flexibility index (Phi) is 5.97. The Hall–Kier alpha value is -2.10. The summed E-state index contributed by atoms with van der Waals surface area (Å²) in [6, 6.07) is 8.96. The molecular formula is C18H14ClF3N2O2S2. The fourth-order valence-corrected chi connectivity index (χ4v) is 5.11. The van der Waals surface area contributed by atoms with Crippen LogP contribution in [0.5, 0.6) is 0 Å². The van der Waals surface area contributed by atoms with Gasteiger partial charge in [-0.25, -0.2) is 13.4 Å². The number of halogens is 4. The Bertz CT molecular complexity index is 1040. The molecule has 148 valence electrons. The number of hydrogen-bond donors (Lipinski definition) is 1. The van der Waals surface area contributed by atoms with Crippen molar-refractivity contribution in [1.29, 1.82) is 0 Å². The van der Waals surface area contributed by atoms with Gasteiger partial charge in [-0.15, -0.1) is 11.3 Å². The van der Waals surface area contributed by atoms with Crippen LogP contribution in [-0.2, 0) is 15.6 Å². The van der Waals surface area contributed by atoms with E-state index < -0.39 is 22.1 Å². The third kappa shape index (κ3) is 4.84. The number of thiazole rings is 1. The summed E-state index contributed by atoms with van der Waals surface area (Å²) in [5, 5.41) is 4.32. The first-order chi connectivity index (χ1) is 13.2. The summed E-state index contributed by atoms with van der Waals surface area (Å²) in [4.78, 5) is 3.85. The first-order valence-corrected chi connectivity index (χ1v) is 10.9. The molecule has 0 aliphatic heterocycles. The van der Waals surface area contributed by atoms with E-state index in [0.717, 1.165) is 6.07 Å². The SMILES string of the molecule is O=S(=O)(Cc1nccs1)c1ccc(N[C@H](c2ccccc2)C(F)(F)F)c(Cl)c1. The summed E-state index contributed by atoms with van der Waals surface area (Å²) in [7, 11) is -3.72. The normalized spacial score (nSPS) is 13.3. The third-order valence-corrected chi connectivity index (χ3v) is 6.76. The average Bonchev–Trinajstić information content (AvgIpc) is 3.12. The summed E-state index contributed by atoms with van der Waals surface area (Å²) in [5.74, 6) is -0.303. The Balaban J connectivity index is 1.87. The van der Waals surface area contributed by atoms with Crippen LogP contribution in [0.1, 0.15) is 16.6 Å². The highest BCUT2D eigenvalue weighted by Gasteiger charge is 2.41. The first kappa shape index (κ1) is 20.6. The number of nitrogens with zero attached hydrogens (tertiary/aromatic N) is 1. The maximum absolute atomic E-state index is 13.5. The Morgan fingerprint density at radius 3 is 2.43 bits per heavy atom. The van der Waals surface area contributed by atoms with Crippen molar-refractivity contribution in [3.63, 3.8) is 0 Å². The van der Waals surface area contributed by atoms with E-state index in [1.54, 1.807) is 11.4 Å². The number of nitrogens with one attached hydrogen (secondary N) is 1. The molecule has 0 aliphatic carbocycles. The molecular weight excluding hydrogens is 433 g/mol. The van der Waals surface area contributed by atoms with Crippen LogP contribution in [0.25, 0.3) is 0 Å². The molecule has 0 saturated heterocycles. The van der Waals surface area contributed by atoms with Gasteiger partial charge in [0.2, 0.25) is 0 Å². The fraction of sp³-hybridized carbons (Fsp3) is 0.167. The second kappa shape index (κ2) is 8.10. The zero-order chi connectivity index (χ0) is 20.4. The topological polar surface area (TPSA) is 59.1 Å². The molecule has 2 aromatic carbocycles. The highest BCUT2D eigenvalue weighted by molar-refractivity contribution is 7.90. The molecule has 0 radical (unpaired) electrons. The minimum absolute atomic E-state index is 0.0129. The lowest BCUT2D eigenvalue weighted by Crippen LogP contribution is -2.28. The second-order valence-electron chi connectivity index (χ2n) is 5.86. The molecule has 0 fully saturated rings. The van der Waals surface area contributed by atoms with Crippen molar-refractivity contribution in [2.45, 2.75) is 22.9 Å². The number of hydrogen-bond acceptors (Lipinski definition) is 5. The van der Waals surface area contributed by atoms with Gasteiger partial charge in [0.1, 0.15) is 16.8 Å². The van der Waals surface area contributed by atoms with Crippen LogP contribution < -0.4 is 5.32 Å². The van der Waals surface area contributed by atoms with E-state index in [1.807, 2.05) is 0 Å². The van der Waals surface area contributed by atoms with E-state index in [0.29, 0.717) is 5.01 Å². The summed E-state index contributed by atoms with van der Waals surface area (Å²) >= 11 is 7.29. The molecule has 1 atom stereocenters. The third-order valence-electron chi connectivity index (χ3n) is 3.86. The van der Waals surface area contributed by atoms with Crippen molar-refractivity contribution >= 4 is 38.5 Å². The summed E-state index contributed by atoms with van der Waals surface area (Å²) in [6.45, 7) is 0. The molecule has 0 aliphatic rings. The van der Waals surface area contributed by atoms with Crippen LogP contribution in [0.4, 0.5) is 18.9 Å². The lowest BCUT2D eigenvalue weighted by atomic mass is 10.1. The van der Waals surface area contributed by atoms with Gasteiger partial charge in [0, 0.05) is 11.6 Å². The predicted octanol–water partition coefficient (Wildman–Crippen LogP) is 5.49. The summed E-state index contributed by atoms with van der Waals surface area (Å²) in [5.41, 5.74) is 0.00702. The average molecular weight is 447 g/mol. The molecule has 0 unspecified atom stereocenters. The molecule has 0 amide bonds. The largest absolute Gasteiger partial charge is 0.412 e. The van der Waals surface area contributed by atoms with Crippen LogP contribution in [0.15, 0.2) is 65.0 Å². The van der Waals surface area contributed by atoms with E-state index in [-0.39, 0.29) is 26.9 Å². The van der Waals surface area contributed by atoms with Crippen molar-refractivity contribution in [2.75, 3.05) is 5.32 Å². The van der Waals surface area contributed by atoms with E-state index in [1.165, 1.54) is 53.9 Å². The minimum Gasteiger partial charge on any atom is -0.369 e. The van der Waals surface area contributed by atoms with Crippen LogP contribution in [-0.4, -0.2) is 19.6 Å². The van der Waals surface area contributed by atoms with Crippen molar-refractivity contribution in [3.8, 4) is 0 Å². The van der Waals surface area contributed by atoms with Gasteiger partial charge in [-0.2, -0.15) is 13.2 Å². The monoisotopic (exact) mass is 446 g/mol. The van der Waals surface area contributed by atoms with Gasteiger partial charge in [-0.3, -0.25) is 0 Å². The zero-order valence-electron chi connectivity index (χ0n) is 14.2. The van der Waals surface area contributed by atoms with E-state index in [2.05, 4.69) is 10.3 Å². The fourth-order valence-electron chi connectivity index (χ4n) is 2.53. The number of anilines is 1. The van der Waals surface area contributed by atoms with Gasteiger partial charge < -0.3 is 5.32 Å². The quantitative estimate of drug-likeness (QED) is 0.544. The maximum atomic E-state index is 13.5. The van der Waals surface area contributed by atoms with Gasteiger partial charge in [-0.05, 0) is 23.8 Å². The molecule has 1 N–H and O–H groups in total. The molecule has 1 heterocycles. The molecule has 1 aromatic heterocycles. The molecule has 4 nitrogen and oxygen atoms in total. The van der Waals surface area contributed by atoms with Gasteiger partial charge in [-0.1, -0.05) is 41.9 Å². The lowest BCUT2D eigenvalue weighted by molar-refractivity contribution is -0.144. The second-order valence-corrected chi connectivity index (χ2v) is 9.23. The smallest absolute Gasteiger partial charge is 0.369 e. The minimum atomic E-state index is -4.57. The van der Waals surface area contributed by atoms with Gasteiger partial charge in [0.05, 0.1) is 15.6 Å². The van der Waals surface area contributed by atoms with Gasteiger partial charge >= 0.3 is 6.18 Å². The molecule has 10 heteroatoms. The van der Waals surface area contributed by atoms with Crippen molar-refractivity contribution in [1.82, 2.24) is 4.98 Å². The molecule has 3 aromatic rings. The van der Waals surface area contributed by atoms with Crippen LogP contribution in [0.3, 0.4) is 0 Å². The van der Waals surface area contributed by atoms with Crippen LogP contribution in [0.2, 0.25) is 5.02 Å². The predicted molar refractivity (Wildman–Crippen MR) is 103 cm³/mol. The highest BCUT2D eigenvalue weighted by Crippen LogP contribution is 2.38. The Labute approximate surface area is 168 Å². The first-order valence-electron chi connectivity index (χ1n) is 7.96. The van der Waals surface area contributed by atoms with Crippen LogP contribution >= 0.6 is 22.9 Å². The number of rotatable bonds is 6. The van der Waals surface area contributed by atoms with Crippen LogP contribution in [0, 0.1) is 0 Å². The molecule has 0 spiro atoms. The lowest BCUT2D eigenvalue weighted by Gasteiger charge is -2.24. The van der Waals surface area contributed by atoms with E-state index >= 15 is 0 Å². The van der Waals surface area contributed by atoms with E-state index in [9.17, 15) is 21.6 Å². The number of alkyl halides is 3. The Morgan fingerprint density at radius 1 is 1.14 bits per heavy atom. The molecule has 3 rings (SSSR count). The van der Waals surface area contributed by atoms with Gasteiger partial charge in [0.25, 0.3) is 0 Å². The number of benzene rings is 2. The molecule has 28 heavy (non-hydrogen) atoms. The Morgan fingerprint density at radius 2 is 1.86 bits per heavy atom. The summed E-state index contributed by atoms with van der Waals surface area (Å²) in [6.07, 6.45) is -3.07. The van der Waals surface area contributed by atoms with Crippen molar-refractivity contribution in [3.05, 3.63) is 75.7 Å². The molecule has 0 saturated carbocycles. The standard InChI is InChI=1S/C18H14ClF3N2O2S2/c19-14-10-13(28(25,26)11-16-23-8-9-27-16)6-7-15(14)24-17(18(20,21)22)12-4-2-1-3-5-12/h1-10,17,24H,11H2/t17-/m1/s1. The summed E-state index contributed by atoms with van der Waals surface area (Å²) < 4.78 is 65.4. The van der Waals surface area contributed by atoms with Gasteiger partial charge in [0.15, 0.2) is 9.84 Å².